The summed E-state index contributed by atoms with van der Waals surface area (Å²) >= 11 is 0. The fourth-order valence-electron chi connectivity index (χ4n) is 1.99. The third-order valence-corrected chi connectivity index (χ3v) is 2.56. The summed E-state index contributed by atoms with van der Waals surface area (Å²) in [7, 11) is 0. The summed E-state index contributed by atoms with van der Waals surface area (Å²) in [5.41, 5.74) is 0. The zero-order valence-corrected chi connectivity index (χ0v) is 8.06. The summed E-state index contributed by atoms with van der Waals surface area (Å²) < 4.78 is 11.4. The Morgan fingerprint density at radius 2 is 2.15 bits per heavy atom. The number of rotatable bonds is 1. The highest BCUT2D eigenvalue weighted by atomic mass is 16.7. The smallest absolute Gasteiger partial charge is 0.164 e. The summed E-state index contributed by atoms with van der Waals surface area (Å²) in [4.78, 5) is 0. The number of aliphatic hydroxyl groups is 1. The van der Waals surface area contributed by atoms with Gasteiger partial charge in [0.2, 0.25) is 0 Å². The molecule has 1 aliphatic carbocycles. The lowest BCUT2D eigenvalue weighted by molar-refractivity contribution is -0.143. The maximum Gasteiger partial charge on any atom is 0.164 e. The van der Waals surface area contributed by atoms with Gasteiger partial charge >= 0.3 is 0 Å². The van der Waals surface area contributed by atoms with Gasteiger partial charge in [0, 0.05) is 12.5 Å². The number of hydrogen-bond donors (Lipinski definition) is 1. The van der Waals surface area contributed by atoms with E-state index in [2.05, 4.69) is 0 Å². The van der Waals surface area contributed by atoms with Gasteiger partial charge < -0.3 is 14.6 Å². The molecule has 0 amide bonds. The van der Waals surface area contributed by atoms with E-state index in [1.807, 2.05) is 26.0 Å². The minimum Gasteiger partial charge on any atom is -0.396 e. The first-order valence-electron chi connectivity index (χ1n) is 4.75. The molecule has 0 saturated carbocycles. The standard InChI is InChI=1S/C10H16O3/c1-10(2)12-8-4-3-7(6-11)5-9(8)13-10/h3-4,7-9,11H,5-6H2,1-2H3/t7-,8-,9+/m1/s1. The molecule has 0 radical (unpaired) electrons. The molecule has 3 heteroatoms. The van der Waals surface area contributed by atoms with Crippen LogP contribution in [0, 0.1) is 5.92 Å². The minimum absolute atomic E-state index is 0.0813. The molecule has 1 heterocycles. The van der Waals surface area contributed by atoms with E-state index >= 15 is 0 Å². The fraction of sp³-hybridized carbons (Fsp3) is 0.800. The van der Waals surface area contributed by atoms with E-state index in [1.54, 1.807) is 0 Å². The van der Waals surface area contributed by atoms with Crippen LogP contribution < -0.4 is 0 Å². The van der Waals surface area contributed by atoms with E-state index in [1.165, 1.54) is 0 Å². The van der Waals surface area contributed by atoms with Crippen LogP contribution in [0.25, 0.3) is 0 Å². The van der Waals surface area contributed by atoms with Crippen molar-refractivity contribution in [1.29, 1.82) is 0 Å². The number of ether oxygens (including phenoxy) is 2. The minimum atomic E-state index is -0.468. The largest absolute Gasteiger partial charge is 0.396 e. The first-order chi connectivity index (χ1) is 6.11. The van der Waals surface area contributed by atoms with Crippen LogP contribution in [0.15, 0.2) is 12.2 Å². The topological polar surface area (TPSA) is 38.7 Å². The number of fused-ring (bicyclic) bond motifs is 1. The average Bonchev–Trinajstić information content (AvgIpc) is 2.36. The second-order valence-electron chi connectivity index (χ2n) is 4.20. The Balaban J connectivity index is 2.07. The third kappa shape index (κ3) is 1.77. The molecule has 74 valence electrons. The first-order valence-corrected chi connectivity index (χ1v) is 4.75. The lowest BCUT2D eigenvalue weighted by Gasteiger charge is -2.22. The van der Waals surface area contributed by atoms with Crippen molar-refractivity contribution in [3.8, 4) is 0 Å². The van der Waals surface area contributed by atoms with Gasteiger partial charge in [-0.25, -0.2) is 0 Å². The Bertz CT molecular complexity index is 222. The molecule has 2 rings (SSSR count). The van der Waals surface area contributed by atoms with Gasteiger partial charge in [0.15, 0.2) is 5.79 Å². The van der Waals surface area contributed by atoms with Crippen molar-refractivity contribution >= 4 is 0 Å². The molecule has 1 N–H and O–H groups in total. The zero-order valence-electron chi connectivity index (χ0n) is 8.06. The normalized spacial score (nSPS) is 41.9. The van der Waals surface area contributed by atoms with Crippen molar-refractivity contribution in [1.82, 2.24) is 0 Å². The first kappa shape index (κ1) is 9.19. The van der Waals surface area contributed by atoms with Gasteiger partial charge in [-0.05, 0) is 20.3 Å². The Kier molecular flexibility index (Phi) is 2.18. The van der Waals surface area contributed by atoms with Crippen molar-refractivity contribution in [2.45, 2.75) is 38.3 Å². The Labute approximate surface area is 78.3 Å². The second kappa shape index (κ2) is 3.08. The van der Waals surface area contributed by atoms with E-state index in [0.717, 1.165) is 6.42 Å². The van der Waals surface area contributed by atoms with Gasteiger partial charge in [-0.3, -0.25) is 0 Å². The van der Waals surface area contributed by atoms with Crippen LogP contribution in [0.5, 0.6) is 0 Å². The maximum absolute atomic E-state index is 8.99. The van der Waals surface area contributed by atoms with Crippen LogP contribution in [-0.2, 0) is 9.47 Å². The van der Waals surface area contributed by atoms with Gasteiger partial charge in [0.25, 0.3) is 0 Å². The van der Waals surface area contributed by atoms with Gasteiger partial charge in [0.1, 0.15) is 6.10 Å². The van der Waals surface area contributed by atoms with Crippen LogP contribution in [0.4, 0.5) is 0 Å². The zero-order chi connectivity index (χ0) is 9.47. The Morgan fingerprint density at radius 3 is 2.85 bits per heavy atom. The predicted octanol–water partition coefficient (Wildman–Crippen LogP) is 1.07. The molecule has 0 spiro atoms. The van der Waals surface area contributed by atoms with Crippen LogP contribution in [0.2, 0.25) is 0 Å². The fourth-order valence-corrected chi connectivity index (χ4v) is 1.99. The summed E-state index contributed by atoms with van der Waals surface area (Å²) in [6.07, 6.45) is 5.09. The molecule has 1 saturated heterocycles. The lowest BCUT2D eigenvalue weighted by atomic mass is 9.93. The summed E-state index contributed by atoms with van der Waals surface area (Å²) in [5.74, 6) is -0.233. The molecule has 0 aromatic carbocycles. The van der Waals surface area contributed by atoms with Gasteiger partial charge in [-0.2, -0.15) is 0 Å². The molecule has 1 fully saturated rings. The van der Waals surface area contributed by atoms with E-state index < -0.39 is 5.79 Å². The summed E-state index contributed by atoms with van der Waals surface area (Å²) in [6, 6.07) is 0. The predicted molar refractivity (Wildman–Crippen MR) is 48.2 cm³/mol. The van der Waals surface area contributed by atoms with Gasteiger partial charge in [-0.15, -0.1) is 0 Å². The van der Waals surface area contributed by atoms with Crippen molar-refractivity contribution in [2.24, 2.45) is 5.92 Å². The molecular weight excluding hydrogens is 168 g/mol. The highest BCUT2D eigenvalue weighted by Gasteiger charge is 2.42. The molecular formula is C10H16O3. The molecule has 0 bridgehead atoms. The number of hydrogen-bond acceptors (Lipinski definition) is 3. The monoisotopic (exact) mass is 184 g/mol. The molecule has 2 aliphatic rings. The quantitative estimate of drug-likeness (QED) is 0.620. The second-order valence-corrected chi connectivity index (χ2v) is 4.20. The van der Waals surface area contributed by atoms with E-state index in [0.29, 0.717) is 0 Å². The highest BCUT2D eigenvalue weighted by Crippen LogP contribution is 2.35. The molecule has 0 aromatic heterocycles. The van der Waals surface area contributed by atoms with Crippen LogP contribution in [-0.4, -0.2) is 29.7 Å². The lowest BCUT2D eigenvalue weighted by Crippen LogP contribution is -2.28. The highest BCUT2D eigenvalue weighted by molar-refractivity contribution is 5.06. The van der Waals surface area contributed by atoms with Crippen LogP contribution in [0.3, 0.4) is 0 Å². The molecule has 3 atom stereocenters. The molecule has 1 aliphatic heterocycles. The molecule has 0 unspecified atom stereocenters. The van der Waals surface area contributed by atoms with Crippen molar-refractivity contribution in [3.05, 3.63) is 12.2 Å². The van der Waals surface area contributed by atoms with Gasteiger partial charge in [-0.1, -0.05) is 12.2 Å². The van der Waals surface area contributed by atoms with Crippen LogP contribution >= 0.6 is 0 Å². The maximum atomic E-state index is 8.99. The van der Waals surface area contributed by atoms with Crippen LogP contribution in [0.1, 0.15) is 20.3 Å². The Morgan fingerprint density at radius 1 is 1.38 bits per heavy atom. The van der Waals surface area contributed by atoms with Gasteiger partial charge in [0.05, 0.1) is 6.10 Å². The van der Waals surface area contributed by atoms with E-state index in [4.69, 9.17) is 14.6 Å². The van der Waals surface area contributed by atoms with E-state index in [9.17, 15) is 0 Å². The number of aliphatic hydroxyl groups excluding tert-OH is 1. The van der Waals surface area contributed by atoms with Crippen molar-refractivity contribution in [2.75, 3.05) is 6.61 Å². The van der Waals surface area contributed by atoms with Crippen molar-refractivity contribution in [3.63, 3.8) is 0 Å². The third-order valence-electron chi connectivity index (χ3n) is 2.56. The van der Waals surface area contributed by atoms with Crippen molar-refractivity contribution < 1.29 is 14.6 Å². The molecule has 3 nitrogen and oxygen atoms in total. The van der Waals surface area contributed by atoms with E-state index in [-0.39, 0.29) is 24.7 Å². The average molecular weight is 184 g/mol. The molecule has 0 aromatic rings. The Hall–Kier alpha value is -0.380. The summed E-state index contributed by atoms with van der Waals surface area (Å²) in [5, 5.41) is 8.99. The SMILES string of the molecule is CC1(C)O[C@H]2C[C@H](CO)C=C[C@H]2O1. The molecule has 13 heavy (non-hydrogen) atoms. The summed E-state index contributed by atoms with van der Waals surface area (Å²) in [6.45, 7) is 4.05.